The second-order valence-electron chi connectivity index (χ2n) is 2.61. The van der Waals surface area contributed by atoms with Gasteiger partial charge in [0.15, 0.2) is 0 Å². The Balaban J connectivity index is 2.45. The topological polar surface area (TPSA) is 93.4 Å². The maximum atomic E-state index is 8.59. The molecule has 0 saturated carbocycles. The zero-order valence-corrected chi connectivity index (χ0v) is 7.12. The molecular weight excluding hydrogens is 180 g/mol. The number of nitrogen functional groups attached to an aromatic ring is 1. The van der Waals surface area contributed by atoms with Crippen LogP contribution < -0.4 is 5.73 Å². The van der Waals surface area contributed by atoms with Gasteiger partial charge in [-0.3, -0.25) is 0 Å². The molecule has 0 radical (unpaired) electrons. The molecule has 0 aliphatic rings. The molecule has 2 rings (SSSR count). The van der Waals surface area contributed by atoms with Crippen LogP contribution in [0.4, 0.5) is 5.95 Å². The molecule has 0 fully saturated rings. The first-order chi connectivity index (χ1) is 6.81. The normalized spacial score (nSPS) is 9.64. The minimum absolute atomic E-state index is 0.217. The Kier molecular flexibility index (Phi) is 1.84. The van der Waals surface area contributed by atoms with Gasteiger partial charge in [0.2, 0.25) is 5.95 Å². The highest BCUT2D eigenvalue weighted by atomic mass is 15.6. The van der Waals surface area contributed by atoms with Crippen LogP contribution in [0.5, 0.6) is 0 Å². The molecule has 68 valence electrons. The molecule has 0 spiro atoms. The van der Waals surface area contributed by atoms with Crippen molar-refractivity contribution in [2.24, 2.45) is 0 Å². The van der Waals surface area contributed by atoms with Crippen molar-refractivity contribution in [1.82, 2.24) is 20.2 Å². The van der Waals surface area contributed by atoms with Crippen molar-refractivity contribution in [3.63, 3.8) is 0 Å². The predicted octanol–water partition coefficient (Wildman–Crippen LogP) is 0.116. The van der Waals surface area contributed by atoms with Crippen molar-refractivity contribution in [2.75, 3.05) is 5.73 Å². The number of nitriles is 1. The number of hydrogen-bond donors (Lipinski definition) is 1. The first-order valence-corrected chi connectivity index (χ1v) is 3.85. The number of anilines is 1. The van der Waals surface area contributed by atoms with Crippen molar-refractivity contribution in [1.29, 1.82) is 5.26 Å². The van der Waals surface area contributed by atoms with Crippen LogP contribution in [0.2, 0.25) is 0 Å². The van der Waals surface area contributed by atoms with E-state index in [-0.39, 0.29) is 5.95 Å². The van der Waals surface area contributed by atoms with E-state index in [0.29, 0.717) is 5.56 Å². The highest BCUT2D eigenvalue weighted by molar-refractivity contribution is 5.41. The average molecular weight is 186 g/mol. The Morgan fingerprint density at radius 2 is 2.00 bits per heavy atom. The summed E-state index contributed by atoms with van der Waals surface area (Å²) in [6, 6.07) is 8.83. The molecule has 2 N–H and O–H groups in total. The molecule has 0 saturated heterocycles. The van der Waals surface area contributed by atoms with Gasteiger partial charge in [-0.05, 0) is 34.7 Å². The summed E-state index contributed by atoms with van der Waals surface area (Å²) in [7, 11) is 0. The summed E-state index contributed by atoms with van der Waals surface area (Å²) in [5.41, 5.74) is 6.82. The molecule has 0 aliphatic carbocycles. The lowest BCUT2D eigenvalue weighted by atomic mass is 10.2. The van der Waals surface area contributed by atoms with Gasteiger partial charge in [0.05, 0.1) is 17.3 Å². The molecule has 1 aromatic heterocycles. The second-order valence-corrected chi connectivity index (χ2v) is 2.61. The van der Waals surface area contributed by atoms with Gasteiger partial charge >= 0.3 is 0 Å². The average Bonchev–Trinajstić information content (AvgIpc) is 2.65. The largest absolute Gasteiger partial charge is 0.366 e. The lowest BCUT2D eigenvalue weighted by Gasteiger charge is -1.99. The van der Waals surface area contributed by atoms with Crippen LogP contribution in [0.15, 0.2) is 24.3 Å². The Morgan fingerprint density at radius 3 is 2.50 bits per heavy atom. The van der Waals surface area contributed by atoms with E-state index in [1.54, 1.807) is 24.3 Å². The number of hydrogen-bond acceptors (Lipinski definition) is 5. The van der Waals surface area contributed by atoms with Gasteiger partial charge in [-0.2, -0.15) is 9.94 Å². The number of nitrogens with two attached hydrogens (primary N) is 1. The minimum atomic E-state index is 0.217. The molecule has 0 bridgehead atoms. The Bertz CT molecular complexity index is 477. The number of rotatable bonds is 1. The van der Waals surface area contributed by atoms with Gasteiger partial charge in [0, 0.05) is 0 Å². The van der Waals surface area contributed by atoms with Crippen LogP contribution in [0.1, 0.15) is 5.56 Å². The minimum Gasteiger partial charge on any atom is -0.366 e. The van der Waals surface area contributed by atoms with E-state index in [2.05, 4.69) is 15.5 Å². The molecule has 0 aliphatic heterocycles. The van der Waals surface area contributed by atoms with E-state index in [4.69, 9.17) is 11.0 Å². The zero-order valence-electron chi connectivity index (χ0n) is 7.12. The summed E-state index contributed by atoms with van der Waals surface area (Å²) < 4.78 is 1.39. The van der Waals surface area contributed by atoms with Gasteiger partial charge in [-0.15, -0.1) is 0 Å². The van der Waals surface area contributed by atoms with Crippen LogP contribution in [-0.2, 0) is 0 Å². The zero-order chi connectivity index (χ0) is 9.97. The number of nitrogens with zero attached hydrogens (tertiary/aromatic N) is 5. The summed E-state index contributed by atoms with van der Waals surface area (Å²) in [4.78, 5) is 0. The van der Waals surface area contributed by atoms with Crippen LogP contribution in [0.25, 0.3) is 5.69 Å². The van der Waals surface area contributed by atoms with Crippen molar-refractivity contribution >= 4 is 5.95 Å². The van der Waals surface area contributed by atoms with Crippen molar-refractivity contribution in [3.05, 3.63) is 29.8 Å². The molecule has 6 heteroatoms. The molecule has 1 heterocycles. The summed E-state index contributed by atoms with van der Waals surface area (Å²) in [6.45, 7) is 0. The third kappa shape index (κ3) is 1.27. The van der Waals surface area contributed by atoms with Gasteiger partial charge in [0.25, 0.3) is 0 Å². The molecular formula is C8H6N6. The van der Waals surface area contributed by atoms with Gasteiger partial charge < -0.3 is 5.73 Å². The van der Waals surface area contributed by atoms with E-state index < -0.39 is 0 Å². The summed E-state index contributed by atoms with van der Waals surface area (Å²) in [6.07, 6.45) is 0. The van der Waals surface area contributed by atoms with E-state index in [9.17, 15) is 0 Å². The van der Waals surface area contributed by atoms with Gasteiger partial charge in [-0.25, -0.2) is 0 Å². The fourth-order valence-corrected chi connectivity index (χ4v) is 1.06. The van der Waals surface area contributed by atoms with Crippen LogP contribution in [0, 0.1) is 11.3 Å². The molecule has 2 aromatic rings. The third-order valence-electron chi connectivity index (χ3n) is 1.73. The monoisotopic (exact) mass is 186 g/mol. The smallest absolute Gasteiger partial charge is 0.245 e. The van der Waals surface area contributed by atoms with Crippen molar-refractivity contribution in [3.8, 4) is 11.8 Å². The van der Waals surface area contributed by atoms with E-state index in [0.717, 1.165) is 5.69 Å². The summed E-state index contributed by atoms with van der Waals surface area (Å²) in [5, 5.41) is 19.2. The highest BCUT2D eigenvalue weighted by Gasteiger charge is 2.02. The van der Waals surface area contributed by atoms with Gasteiger partial charge in [-0.1, -0.05) is 5.10 Å². The van der Waals surface area contributed by atoms with E-state index >= 15 is 0 Å². The predicted molar refractivity (Wildman–Crippen MR) is 48.3 cm³/mol. The Hall–Kier alpha value is -2.42. The standard InChI is InChI=1S/C8H6N6/c9-5-6-1-3-7(4-2-6)14-8(10)11-12-13-14/h1-4H,(H2,10,11,13). The molecule has 14 heavy (non-hydrogen) atoms. The van der Waals surface area contributed by atoms with Crippen LogP contribution in [0.3, 0.4) is 0 Å². The molecule has 0 amide bonds. The highest BCUT2D eigenvalue weighted by Crippen LogP contribution is 2.09. The van der Waals surface area contributed by atoms with Crippen molar-refractivity contribution in [2.45, 2.75) is 0 Å². The fourth-order valence-electron chi connectivity index (χ4n) is 1.06. The van der Waals surface area contributed by atoms with Crippen LogP contribution >= 0.6 is 0 Å². The molecule has 6 nitrogen and oxygen atoms in total. The third-order valence-corrected chi connectivity index (χ3v) is 1.73. The lowest BCUT2D eigenvalue weighted by molar-refractivity contribution is 0.792. The summed E-state index contributed by atoms with van der Waals surface area (Å²) in [5.74, 6) is 0.217. The maximum Gasteiger partial charge on any atom is 0.245 e. The van der Waals surface area contributed by atoms with Crippen molar-refractivity contribution < 1.29 is 0 Å². The van der Waals surface area contributed by atoms with E-state index in [1.807, 2.05) is 6.07 Å². The maximum absolute atomic E-state index is 8.59. The van der Waals surface area contributed by atoms with E-state index in [1.165, 1.54) is 4.68 Å². The lowest BCUT2D eigenvalue weighted by Crippen LogP contribution is -2.02. The van der Waals surface area contributed by atoms with Crippen LogP contribution in [-0.4, -0.2) is 20.2 Å². The fraction of sp³-hybridized carbons (Fsp3) is 0. The molecule has 1 aromatic carbocycles. The number of tetrazole rings is 1. The molecule has 0 unspecified atom stereocenters. The quantitative estimate of drug-likeness (QED) is 0.682. The van der Waals surface area contributed by atoms with Gasteiger partial charge in [0.1, 0.15) is 0 Å². The number of aromatic nitrogens is 4. The first-order valence-electron chi connectivity index (χ1n) is 3.85. The second kappa shape index (κ2) is 3.14. The SMILES string of the molecule is N#Cc1ccc(-n2nnnc2N)cc1. The number of benzene rings is 1. The Morgan fingerprint density at radius 1 is 1.29 bits per heavy atom. The first kappa shape index (κ1) is 8.19. The summed E-state index contributed by atoms with van der Waals surface area (Å²) >= 11 is 0. The Labute approximate surface area is 79.6 Å². The molecule has 0 atom stereocenters.